The van der Waals surface area contributed by atoms with Crippen molar-refractivity contribution in [1.82, 2.24) is 14.4 Å². The Kier molecular flexibility index (Phi) is 5.75. The van der Waals surface area contributed by atoms with Gasteiger partial charge in [0.25, 0.3) is 11.5 Å². The molecule has 1 aromatic heterocycles. The zero-order chi connectivity index (χ0) is 24.1. The molecule has 0 atom stereocenters. The summed E-state index contributed by atoms with van der Waals surface area (Å²) in [5.74, 6) is 0.540. The van der Waals surface area contributed by atoms with Crippen molar-refractivity contribution in [2.24, 2.45) is 0 Å². The lowest BCUT2D eigenvalue weighted by Gasteiger charge is -2.13. The minimum atomic E-state index is -0.215. The summed E-state index contributed by atoms with van der Waals surface area (Å²) in [6, 6.07) is 15.6. The van der Waals surface area contributed by atoms with Crippen molar-refractivity contribution in [2.75, 3.05) is 33.2 Å². The third-order valence-corrected chi connectivity index (χ3v) is 9.01. The molecule has 1 amide bonds. The van der Waals surface area contributed by atoms with Crippen LogP contribution in [0.25, 0.3) is 10.7 Å². The summed E-state index contributed by atoms with van der Waals surface area (Å²) in [5, 5.41) is 1.24. The maximum absolute atomic E-state index is 13.8. The average Bonchev–Trinajstić information content (AvgIpc) is 3.40. The Morgan fingerprint density at radius 3 is 2.35 bits per heavy atom. The molecule has 0 spiro atoms. The highest BCUT2D eigenvalue weighted by molar-refractivity contribution is 8.08. The van der Waals surface area contributed by atoms with E-state index in [1.807, 2.05) is 60.5 Å². The van der Waals surface area contributed by atoms with E-state index >= 15 is 0 Å². The van der Waals surface area contributed by atoms with Gasteiger partial charge < -0.3 is 14.5 Å². The summed E-state index contributed by atoms with van der Waals surface area (Å²) >= 11 is 8.30. The molecule has 174 valence electrons. The van der Waals surface area contributed by atoms with E-state index in [9.17, 15) is 9.59 Å². The molecule has 0 unspecified atom stereocenters. The Morgan fingerprint density at radius 2 is 1.71 bits per heavy atom. The monoisotopic (exact) mass is 510 g/mol. The maximum Gasteiger partial charge on any atom is 0.279 e. The molecule has 2 aromatic carbocycles. The first-order chi connectivity index (χ1) is 16.3. The molecule has 3 heterocycles. The van der Waals surface area contributed by atoms with Crippen LogP contribution < -0.4 is 24.4 Å². The molecule has 0 radical (unpaired) electrons. The van der Waals surface area contributed by atoms with Gasteiger partial charge in [0.15, 0.2) is 5.11 Å². The Bertz CT molecular complexity index is 1510. The SMILES string of the molecule is COc1ccc2c(c1)N(C)/C(=c1\s/c(=C3/C(=O)N(C)C(=S)N3C)n(Cc3ccccc3)c1=O)S2. The van der Waals surface area contributed by atoms with Crippen LogP contribution in [-0.4, -0.2) is 53.6 Å². The van der Waals surface area contributed by atoms with E-state index in [1.54, 1.807) is 42.4 Å². The number of amides is 1. The number of carbonyl (C=O) groups is 1. The number of hydrogen-bond acceptors (Lipinski definition) is 7. The summed E-state index contributed by atoms with van der Waals surface area (Å²) in [5.41, 5.74) is 2.24. The van der Waals surface area contributed by atoms with Crippen molar-refractivity contribution >= 4 is 62.7 Å². The summed E-state index contributed by atoms with van der Waals surface area (Å²) in [4.78, 5) is 33.1. The van der Waals surface area contributed by atoms with Gasteiger partial charge in [-0.2, -0.15) is 0 Å². The maximum atomic E-state index is 13.8. The minimum Gasteiger partial charge on any atom is -0.497 e. The molecule has 0 aliphatic carbocycles. The largest absolute Gasteiger partial charge is 0.497 e. The predicted molar refractivity (Wildman–Crippen MR) is 141 cm³/mol. The highest BCUT2D eigenvalue weighted by Gasteiger charge is 2.35. The second kappa shape index (κ2) is 8.61. The smallest absolute Gasteiger partial charge is 0.279 e. The molecule has 2 aliphatic heterocycles. The molecule has 7 nitrogen and oxygen atoms in total. The molecule has 0 N–H and O–H groups in total. The Hall–Kier alpha value is -3.08. The lowest BCUT2D eigenvalue weighted by Crippen LogP contribution is -2.36. The van der Waals surface area contributed by atoms with Crippen LogP contribution in [0.15, 0.2) is 58.2 Å². The van der Waals surface area contributed by atoms with E-state index in [1.165, 1.54) is 16.2 Å². The molecule has 0 bridgehead atoms. The Morgan fingerprint density at radius 1 is 0.971 bits per heavy atom. The van der Waals surface area contributed by atoms with Crippen molar-refractivity contribution < 1.29 is 9.53 Å². The van der Waals surface area contributed by atoms with Crippen LogP contribution >= 0.6 is 35.3 Å². The third kappa shape index (κ3) is 3.53. The molecule has 5 rings (SSSR count). The lowest BCUT2D eigenvalue weighted by molar-refractivity contribution is -0.120. The second-order valence-corrected chi connectivity index (χ2v) is 10.4. The van der Waals surface area contributed by atoms with Gasteiger partial charge in [0.05, 0.1) is 19.3 Å². The Labute approximate surface area is 210 Å². The van der Waals surface area contributed by atoms with Gasteiger partial charge in [0.2, 0.25) is 0 Å². The van der Waals surface area contributed by atoms with Gasteiger partial charge in [-0.25, -0.2) is 0 Å². The van der Waals surface area contributed by atoms with E-state index in [0.717, 1.165) is 26.9 Å². The van der Waals surface area contributed by atoms with E-state index in [2.05, 4.69) is 0 Å². The number of rotatable bonds is 3. The number of ether oxygens (including phenoxy) is 1. The molecule has 2 aliphatic rings. The molecule has 3 aromatic rings. The summed E-state index contributed by atoms with van der Waals surface area (Å²) in [6.07, 6.45) is 0. The third-order valence-electron chi connectivity index (χ3n) is 5.92. The zero-order valence-corrected chi connectivity index (χ0v) is 21.5. The second-order valence-electron chi connectivity index (χ2n) is 7.97. The minimum absolute atomic E-state index is 0.132. The summed E-state index contributed by atoms with van der Waals surface area (Å²) in [7, 11) is 7.00. The number of anilines is 1. The summed E-state index contributed by atoms with van der Waals surface area (Å²) < 4.78 is 8.25. The molecular formula is C24H22N4O3S3. The number of likely N-dealkylation sites (N-methyl/N-ethyl adjacent to an activating group) is 2. The molecule has 34 heavy (non-hydrogen) atoms. The fourth-order valence-electron chi connectivity index (χ4n) is 4.03. The normalized spacial score (nSPS) is 18.8. The molecular weight excluding hydrogens is 488 g/mol. The quantitative estimate of drug-likeness (QED) is 0.500. The van der Waals surface area contributed by atoms with E-state index in [0.29, 0.717) is 26.5 Å². The first-order valence-corrected chi connectivity index (χ1v) is 12.5. The van der Waals surface area contributed by atoms with Crippen molar-refractivity contribution in [1.29, 1.82) is 0 Å². The first kappa shape index (κ1) is 22.7. The highest BCUT2D eigenvalue weighted by atomic mass is 32.2. The number of thiocarbonyl (C=S) groups is 1. The van der Waals surface area contributed by atoms with Crippen LogP contribution in [0.3, 0.4) is 0 Å². The number of benzene rings is 2. The van der Waals surface area contributed by atoms with E-state index in [4.69, 9.17) is 17.0 Å². The van der Waals surface area contributed by atoms with Crippen molar-refractivity contribution in [3.05, 3.63) is 73.6 Å². The van der Waals surface area contributed by atoms with Gasteiger partial charge >= 0.3 is 0 Å². The van der Waals surface area contributed by atoms with Gasteiger partial charge in [-0.15, -0.1) is 11.3 Å². The van der Waals surface area contributed by atoms with E-state index in [-0.39, 0.29) is 11.5 Å². The fraction of sp³-hybridized carbons (Fsp3) is 0.208. The summed E-state index contributed by atoms with van der Waals surface area (Å²) in [6.45, 7) is 0.356. The number of nitrogens with zero attached hydrogens (tertiary/aromatic N) is 4. The molecule has 10 heteroatoms. The number of thiazole rings is 1. The molecule has 0 saturated carbocycles. The number of hydrogen-bond donors (Lipinski definition) is 0. The van der Waals surface area contributed by atoms with Gasteiger partial charge in [0.1, 0.15) is 25.7 Å². The van der Waals surface area contributed by atoms with Crippen LogP contribution in [0.2, 0.25) is 0 Å². The number of carbonyl (C=O) groups excluding carboxylic acids is 1. The van der Waals surface area contributed by atoms with Gasteiger partial charge in [0, 0.05) is 32.1 Å². The number of methoxy groups -OCH3 is 1. The number of thioether (sulfide) groups is 1. The standard InChI is InChI=1S/C24H22N4O3S3/c1-25-16-12-15(31-4)10-11-17(16)33-23(25)19-21(30)28(13-14-8-6-5-7-9-14)22(34-19)18-20(29)27(3)24(32)26(18)2/h5-12H,13H2,1-4H3/b22-18-,23-19+. The molecule has 1 fully saturated rings. The zero-order valence-electron chi connectivity index (χ0n) is 19.1. The number of aromatic nitrogens is 1. The van der Waals surface area contributed by atoms with Crippen LogP contribution in [-0.2, 0) is 11.3 Å². The predicted octanol–water partition coefficient (Wildman–Crippen LogP) is 2.07. The lowest BCUT2D eigenvalue weighted by atomic mass is 10.2. The van der Waals surface area contributed by atoms with E-state index < -0.39 is 0 Å². The fourth-order valence-corrected chi connectivity index (χ4v) is 6.71. The average molecular weight is 511 g/mol. The van der Waals surface area contributed by atoms with Crippen molar-refractivity contribution in [2.45, 2.75) is 11.4 Å². The van der Waals surface area contributed by atoms with Gasteiger partial charge in [-0.05, 0) is 29.9 Å². The first-order valence-electron chi connectivity index (χ1n) is 10.5. The van der Waals surface area contributed by atoms with Crippen LogP contribution in [0.1, 0.15) is 5.56 Å². The van der Waals surface area contributed by atoms with Crippen LogP contribution in [0.4, 0.5) is 5.69 Å². The van der Waals surface area contributed by atoms with Gasteiger partial charge in [-0.3, -0.25) is 19.1 Å². The van der Waals surface area contributed by atoms with Gasteiger partial charge in [-0.1, -0.05) is 42.1 Å². The van der Waals surface area contributed by atoms with Crippen molar-refractivity contribution in [3.63, 3.8) is 0 Å². The van der Waals surface area contributed by atoms with Crippen LogP contribution in [0, 0.1) is 0 Å². The highest BCUT2D eigenvalue weighted by Crippen LogP contribution is 2.46. The molecule has 1 saturated heterocycles. The Balaban J connectivity index is 1.78. The van der Waals surface area contributed by atoms with Crippen molar-refractivity contribution in [3.8, 4) is 5.75 Å². The van der Waals surface area contributed by atoms with Crippen LogP contribution in [0.5, 0.6) is 5.75 Å². The topological polar surface area (TPSA) is 58.0 Å². The number of fused-ring (bicyclic) bond motifs is 1.